The van der Waals surface area contributed by atoms with Gasteiger partial charge in [-0.25, -0.2) is 0 Å². The van der Waals surface area contributed by atoms with Gasteiger partial charge in [-0.3, -0.25) is 4.90 Å². The van der Waals surface area contributed by atoms with Crippen molar-refractivity contribution in [2.75, 3.05) is 7.05 Å². The Kier molecular flexibility index (Phi) is 3.36. The van der Waals surface area contributed by atoms with Crippen molar-refractivity contribution in [3.8, 4) is 0 Å². The molecule has 0 radical (unpaired) electrons. The number of hydrogen-bond donors (Lipinski definition) is 1. The highest BCUT2D eigenvalue weighted by Gasteiger charge is 2.33. The summed E-state index contributed by atoms with van der Waals surface area (Å²) in [6, 6.07) is 8.24. The molecule has 0 saturated heterocycles. The fourth-order valence-electron chi connectivity index (χ4n) is 3.04. The highest BCUT2D eigenvalue weighted by molar-refractivity contribution is 5.36. The largest absolute Gasteiger partial charge is 0.387 e. The van der Waals surface area contributed by atoms with Crippen LogP contribution < -0.4 is 0 Å². The van der Waals surface area contributed by atoms with Gasteiger partial charge in [-0.2, -0.15) is 0 Å². The number of aryl methyl sites for hydroxylation is 2. The lowest BCUT2D eigenvalue weighted by Crippen LogP contribution is -2.34. The second-order valence-corrected chi connectivity index (χ2v) is 5.63. The molecule has 0 fully saturated rings. The maximum Gasteiger partial charge on any atom is 0.138 e. The first-order chi connectivity index (χ1) is 9.58. The zero-order valence-corrected chi connectivity index (χ0v) is 12.1. The lowest BCUT2D eigenvalue weighted by molar-refractivity contribution is 0.0718. The Labute approximate surface area is 119 Å². The maximum absolute atomic E-state index is 10.5. The summed E-state index contributed by atoms with van der Waals surface area (Å²) in [5.74, 6) is 0.861. The van der Waals surface area contributed by atoms with Gasteiger partial charge in [-0.1, -0.05) is 29.4 Å². The lowest BCUT2D eigenvalue weighted by atomic mass is 10.1. The molecule has 3 rings (SSSR count). The minimum Gasteiger partial charge on any atom is -0.387 e. The normalized spacial score (nSPS) is 21.4. The number of benzene rings is 1. The van der Waals surface area contributed by atoms with Crippen LogP contribution in [0, 0.1) is 13.8 Å². The topological polar surface area (TPSA) is 49.5 Å². The van der Waals surface area contributed by atoms with Crippen LogP contribution in [0.2, 0.25) is 0 Å². The summed E-state index contributed by atoms with van der Waals surface area (Å²) in [6.07, 6.45) is 0.466. The van der Waals surface area contributed by atoms with E-state index < -0.39 is 6.10 Å². The van der Waals surface area contributed by atoms with Gasteiger partial charge in [-0.05, 0) is 38.4 Å². The van der Waals surface area contributed by atoms with Crippen molar-refractivity contribution >= 4 is 0 Å². The Morgan fingerprint density at radius 1 is 1.35 bits per heavy atom. The van der Waals surface area contributed by atoms with Gasteiger partial charge in [0, 0.05) is 18.2 Å². The SMILES string of the molecule is Cc1noc(C)c1CN(C)C1Cc2ccccc2C1O. The molecular weight excluding hydrogens is 252 g/mol. The fourth-order valence-corrected chi connectivity index (χ4v) is 3.04. The number of rotatable bonds is 3. The standard InChI is InChI=1S/C16H20N2O2/c1-10-14(11(2)20-17-10)9-18(3)15-8-12-6-4-5-7-13(12)16(15)19/h4-7,15-16,19H,8-9H2,1-3H3. The van der Waals surface area contributed by atoms with Gasteiger partial charge < -0.3 is 9.63 Å². The van der Waals surface area contributed by atoms with E-state index in [0.717, 1.165) is 35.5 Å². The third kappa shape index (κ3) is 2.15. The van der Waals surface area contributed by atoms with Crippen molar-refractivity contribution in [1.82, 2.24) is 10.1 Å². The molecule has 1 aliphatic rings. The van der Waals surface area contributed by atoms with E-state index in [0.29, 0.717) is 0 Å². The summed E-state index contributed by atoms with van der Waals surface area (Å²) in [4.78, 5) is 2.19. The smallest absolute Gasteiger partial charge is 0.138 e. The Morgan fingerprint density at radius 3 is 2.75 bits per heavy atom. The van der Waals surface area contributed by atoms with Gasteiger partial charge in [0.1, 0.15) is 5.76 Å². The molecule has 2 aromatic rings. The highest BCUT2D eigenvalue weighted by atomic mass is 16.5. The number of aliphatic hydroxyl groups excluding tert-OH is 1. The average Bonchev–Trinajstić information content (AvgIpc) is 2.94. The molecule has 0 amide bonds. The molecule has 2 unspecified atom stereocenters. The fraction of sp³-hybridized carbons (Fsp3) is 0.438. The van der Waals surface area contributed by atoms with Crippen molar-refractivity contribution in [1.29, 1.82) is 0 Å². The van der Waals surface area contributed by atoms with Crippen molar-refractivity contribution in [3.63, 3.8) is 0 Å². The van der Waals surface area contributed by atoms with Gasteiger partial charge in [0.2, 0.25) is 0 Å². The summed E-state index contributed by atoms with van der Waals surface area (Å²) >= 11 is 0. The van der Waals surface area contributed by atoms with Crippen LogP contribution in [0.25, 0.3) is 0 Å². The zero-order chi connectivity index (χ0) is 14.3. The van der Waals surface area contributed by atoms with Crippen molar-refractivity contribution in [3.05, 3.63) is 52.4 Å². The Hall–Kier alpha value is -1.65. The molecule has 1 N–H and O–H groups in total. The van der Waals surface area contributed by atoms with E-state index in [1.165, 1.54) is 5.56 Å². The van der Waals surface area contributed by atoms with Gasteiger partial charge >= 0.3 is 0 Å². The summed E-state index contributed by atoms with van der Waals surface area (Å²) in [5, 5.41) is 14.5. The molecule has 1 aliphatic carbocycles. The summed E-state index contributed by atoms with van der Waals surface area (Å²) in [7, 11) is 2.05. The zero-order valence-electron chi connectivity index (χ0n) is 12.1. The Bertz CT molecular complexity index is 601. The predicted octanol–water partition coefficient (Wildman–Crippen LogP) is 2.38. The summed E-state index contributed by atoms with van der Waals surface area (Å²) in [5.41, 5.74) is 4.36. The van der Waals surface area contributed by atoms with E-state index in [-0.39, 0.29) is 6.04 Å². The van der Waals surface area contributed by atoms with E-state index in [1.807, 2.05) is 39.1 Å². The molecule has 2 atom stereocenters. The number of aliphatic hydroxyl groups is 1. The number of nitrogens with zero attached hydrogens (tertiary/aromatic N) is 2. The molecular formula is C16H20N2O2. The quantitative estimate of drug-likeness (QED) is 0.932. The minimum absolute atomic E-state index is 0.112. The summed E-state index contributed by atoms with van der Waals surface area (Å²) in [6.45, 7) is 4.64. The monoisotopic (exact) mass is 272 g/mol. The van der Waals surface area contributed by atoms with Crippen LogP contribution in [-0.4, -0.2) is 28.3 Å². The molecule has 0 bridgehead atoms. The van der Waals surface area contributed by atoms with E-state index in [4.69, 9.17) is 4.52 Å². The van der Waals surface area contributed by atoms with E-state index in [9.17, 15) is 5.11 Å². The van der Waals surface area contributed by atoms with Gasteiger partial charge in [0.15, 0.2) is 0 Å². The van der Waals surface area contributed by atoms with E-state index >= 15 is 0 Å². The first-order valence-corrected chi connectivity index (χ1v) is 6.95. The van der Waals surface area contributed by atoms with Gasteiger partial charge in [0.25, 0.3) is 0 Å². The third-order valence-corrected chi connectivity index (χ3v) is 4.32. The minimum atomic E-state index is -0.420. The van der Waals surface area contributed by atoms with Crippen LogP contribution in [0.4, 0.5) is 0 Å². The van der Waals surface area contributed by atoms with E-state index in [2.05, 4.69) is 16.1 Å². The maximum atomic E-state index is 10.5. The second kappa shape index (κ2) is 5.04. The molecule has 0 aliphatic heterocycles. The number of aromatic nitrogens is 1. The highest BCUT2D eigenvalue weighted by Crippen LogP contribution is 2.34. The van der Waals surface area contributed by atoms with E-state index in [1.54, 1.807) is 0 Å². The molecule has 1 heterocycles. The van der Waals surface area contributed by atoms with Crippen molar-refractivity contribution in [2.45, 2.75) is 39.0 Å². The second-order valence-electron chi connectivity index (χ2n) is 5.63. The molecule has 4 nitrogen and oxygen atoms in total. The third-order valence-electron chi connectivity index (χ3n) is 4.32. The first-order valence-electron chi connectivity index (χ1n) is 6.95. The molecule has 106 valence electrons. The van der Waals surface area contributed by atoms with Crippen LogP contribution in [-0.2, 0) is 13.0 Å². The van der Waals surface area contributed by atoms with Crippen molar-refractivity contribution in [2.24, 2.45) is 0 Å². The van der Waals surface area contributed by atoms with Gasteiger partial charge in [-0.15, -0.1) is 0 Å². The molecule has 1 aromatic heterocycles. The molecule has 0 saturated carbocycles. The molecule has 4 heteroatoms. The van der Waals surface area contributed by atoms with Crippen molar-refractivity contribution < 1.29 is 9.63 Å². The predicted molar refractivity (Wildman–Crippen MR) is 76.3 cm³/mol. The molecule has 0 spiro atoms. The van der Waals surface area contributed by atoms with Crippen LogP contribution in [0.1, 0.15) is 34.2 Å². The van der Waals surface area contributed by atoms with Gasteiger partial charge in [0.05, 0.1) is 11.8 Å². The molecule has 1 aromatic carbocycles. The Morgan fingerprint density at radius 2 is 2.10 bits per heavy atom. The number of likely N-dealkylation sites (N-methyl/N-ethyl adjacent to an activating group) is 1. The number of fused-ring (bicyclic) bond motifs is 1. The number of hydrogen-bond acceptors (Lipinski definition) is 4. The summed E-state index contributed by atoms with van der Waals surface area (Å²) < 4.78 is 5.21. The van der Waals surface area contributed by atoms with Crippen LogP contribution in [0.3, 0.4) is 0 Å². The van der Waals surface area contributed by atoms with Crippen LogP contribution >= 0.6 is 0 Å². The van der Waals surface area contributed by atoms with Crippen LogP contribution in [0.15, 0.2) is 28.8 Å². The Balaban J connectivity index is 1.78. The lowest BCUT2D eigenvalue weighted by Gasteiger charge is -2.27. The first kappa shape index (κ1) is 13.3. The molecule has 20 heavy (non-hydrogen) atoms. The van der Waals surface area contributed by atoms with Crippen LogP contribution in [0.5, 0.6) is 0 Å². The average molecular weight is 272 g/mol.